The van der Waals surface area contributed by atoms with Crippen LogP contribution in [0.2, 0.25) is 5.22 Å². The van der Waals surface area contributed by atoms with Gasteiger partial charge in [0.2, 0.25) is 0 Å². The van der Waals surface area contributed by atoms with Crippen molar-refractivity contribution in [2.45, 2.75) is 19.4 Å². The molecule has 1 aliphatic heterocycles. The van der Waals surface area contributed by atoms with E-state index in [2.05, 4.69) is 17.3 Å². The summed E-state index contributed by atoms with van der Waals surface area (Å²) in [5.41, 5.74) is 0. The van der Waals surface area contributed by atoms with Crippen LogP contribution in [0, 0.1) is 5.92 Å². The third kappa shape index (κ3) is 3.51. The summed E-state index contributed by atoms with van der Waals surface area (Å²) in [6, 6.07) is 3.71. The van der Waals surface area contributed by atoms with E-state index < -0.39 is 0 Å². The average Bonchev–Trinajstić information content (AvgIpc) is 2.67. The monoisotopic (exact) mass is 242 g/mol. The van der Waals surface area contributed by atoms with E-state index in [9.17, 15) is 0 Å². The van der Waals surface area contributed by atoms with E-state index >= 15 is 0 Å². The number of hydrogen-bond donors (Lipinski definition) is 1. The number of furan rings is 1. The summed E-state index contributed by atoms with van der Waals surface area (Å²) in [6.07, 6.45) is 2.59. The van der Waals surface area contributed by atoms with E-state index in [4.69, 9.17) is 16.0 Å². The summed E-state index contributed by atoms with van der Waals surface area (Å²) >= 11 is 5.70. The van der Waals surface area contributed by atoms with Crippen molar-refractivity contribution in [3.05, 3.63) is 23.1 Å². The second kappa shape index (κ2) is 5.71. The van der Waals surface area contributed by atoms with Crippen LogP contribution in [0.15, 0.2) is 16.5 Å². The molecular formula is C12H19ClN2O. The van der Waals surface area contributed by atoms with Gasteiger partial charge in [-0.25, -0.2) is 0 Å². The Labute approximate surface area is 102 Å². The fourth-order valence-corrected chi connectivity index (χ4v) is 2.27. The first-order chi connectivity index (χ1) is 7.74. The van der Waals surface area contributed by atoms with Gasteiger partial charge in [-0.3, -0.25) is 0 Å². The van der Waals surface area contributed by atoms with Crippen LogP contribution in [0.5, 0.6) is 0 Å². The molecule has 90 valence electrons. The molecule has 1 aromatic rings. The number of piperidine rings is 1. The molecule has 1 fully saturated rings. The highest BCUT2D eigenvalue weighted by atomic mass is 35.5. The molecule has 3 nitrogen and oxygen atoms in total. The first kappa shape index (κ1) is 12.0. The maximum absolute atomic E-state index is 5.70. The Kier molecular flexibility index (Phi) is 4.27. The minimum atomic E-state index is 0.469. The fourth-order valence-electron chi connectivity index (χ4n) is 2.11. The van der Waals surface area contributed by atoms with Gasteiger partial charge in [0, 0.05) is 0 Å². The SMILES string of the molecule is CN1CCC(CNCc2ccc(Cl)o2)CC1. The molecule has 0 saturated carbocycles. The van der Waals surface area contributed by atoms with E-state index in [1.165, 1.54) is 25.9 Å². The van der Waals surface area contributed by atoms with Crippen LogP contribution in [-0.4, -0.2) is 31.6 Å². The maximum atomic E-state index is 5.70. The Morgan fingerprint density at radius 3 is 2.81 bits per heavy atom. The zero-order valence-corrected chi connectivity index (χ0v) is 10.5. The van der Waals surface area contributed by atoms with Crippen molar-refractivity contribution in [1.82, 2.24) is 10.2 Å². The normalized spacial score (nSPS) is 19.1. The van der Waals surface area contributed by atoms with Gasteiger partial charge in [0.15, 0.2) is 5.22 Å². The first-order valence-electron chi connectivity index (χ1n) is 5.87. The number of hydrogen-bond acceptors (Lipinski definition) is 3. The lowest BCUT2D eigenvalue weighted by Gasteiger charge is -2.28. The predicted octanol–water partition coefficient (Wildman–Crippen LogP) is 2.36. The van der Waals surface area contributed by atoms with Crippen molar-refractivity contribution in [3.63, 3.8) is 0 Å². The Bertz CT molecular complexity index is 319. The Hall–Kier alpha value is -0.510. The zero-order valence-electron chi connectivity index (χ0n) is 9.71. The molecule has 0 aromatic carbocycles. The van der Waals surface area contributed by atoms with Crippen LogP contribution in [0.3, 0.4) is 0 Å². The molecule has 1 N–H and O–H groups in total. The van der Waals surface area contributed by atoms with Crippen molar-refractivity contribution in [2.24, 2.45) is 5.92 Å². The van der Waals surface area contributed by atoms with Gasteiger partial charge in [-0.1, -0.05) is 0 Å². The Morgan fingerprint density at radius 2 is 2.19 bits per heavy atom. The molecule has 0 atom stereocenters. The molecule has 0 amide bonds. The Balaban J connectivity index is 1.64. The molecule has 2 heterocycles. The van der Waals surface area contributed by atoms with Crippen LogP contribution < -0.4 is 5.32 Å². The highest BCUT2D eigenvalue weighted by Gasteiger charge is 2.15. The van der Waals surface area contributed by atoms with E-state index in [-0.39, 0.29) is 0 Å². The van der Waals surface area contributed by atoms with E-state index in [0.29, 0.717) is 5.22 Å². The molecule has 0 unspecified atom stereocenters. The summed E-state index contributed by atoms with van der Waals surface area (Å²) in [5.74, 6) is 1.72. The van der Waals surface area contributed by atoms with Crippen LogP contribution in [-0.2, 0) is 6.54 Å². The Morgan fingerprint density at radius 1 is 1.44 bits per heavy atom. The number of nitrogens with one attached hydrogen (secondary N) is 1. The lowest BCUT2D eigenvalue weighted by atomic mass is 9.97. The number of halogens is 1. The van der Waals surface area contributed by atoms with Gasteiger partial charge in [0.1, 0.15) is 5.76 Å². The summed E-state index contributed by atoms with van der Waals surface area (Å²) in [7, 11) is 2.19. The number of rotatable bonds is 4. The van der Waals surface area contributed by atoms with Crippen molar-refractivity contribution in [2.75, 3.05) is 26.7 Å². The number of likely N-dealkylation sites (tertiary alicyclic amines) is 1. The standard InChI is InChI=1S/C12H19ClN2O/c1-15-6-4-10(5-7-15)8-14-9-11-2-3-12(13)16-11/h2-3,10,14H,4-9H2,1H3. The van der Waals surface area contributed by atoms with E-state index in [0.717, 1.165) is 24.8 Å². The molecule has 0 bridgehead atoms. The lowest BCUT2D eigenvalue weighted by molar-refractivity contribution is 0.215. The highest BCUT2D eigenvalue weighted by Crippen LogP contribution is 2.16. The molecule has 1 saturated heterocycles. The van der Waals surface area contributed by atoms with Gasteiger partial charge in [-0.15, -0.1) is 0 Å². The molecule has 16 heavy (non-hydrogen) atoms. The van der Waals surface area contributed by atoms with Gasteiger partial charge < -0.3 is 14.6 Å². The van der Waals surface area contributed by atoms with Gasteiger partial charge in [0.25, 0.3) is 0 Å². The van der Waals surface area contributed by atoms with E-state index in [1.54, 1.807) is 6.07 Å². The molecule has 0 aliphatic carbocycles. The maximum Gasteiger partial charge on any atom is 0.193 e. The minimum Gasteiger partial charge on any atom is -0.448 e. The summed E-state index contributed by atoms with van der Waals surface area (Å²) in [4.78, 5) is 2.39. The second-order valence-electron chi connectivity index (χ2n) is 4.58. The van der Waals surface area contributed by atoms with Crippen molar-refractivity contribution < 1.29 is 4.42 Å². The van der Waals surface area contributed by atoms with Crippen LogP contribution >= 0.6 is 11.6 Å². The minimum absolute atomic E-state index is 0.469. The largest absolute Gasteiger partial charge is 0.448 e. The summed E-state index contributed by atoms with van der Waals surface area (Å²) < 4.78 is 5.28. The smallest absolute Gasteiger partial charge is 0.193 e. The zero-order chi connectivity index (χ0) is 11.4. The van der Waals surface area contributed by atoms with Crippen LogP contribution in [0.1, 0.15) is 18.6 Å². The summed E-state index contributed by atoms with van der Waals surface area (Å²) in [5, 5.41) is 3.90. The van der Waals surface area contributed by atoms with Gasteiger partial charge in [0.05, 0.1) is 6.54 Å². The molecule has 4 heteroatoms. The average molecular weight is 243 g/mol. The van der Waals surface area contributed by atoms with Gasteiger partial charge in [-0.05, 0) is 69.2 Å². The molecule has 1 aromatic heterocycles. The molecule has 0 spiro atoms. The van der Waals surface area contributed by atoms with E-state index in [1.807, 2.05) is 6.07 Å². The molecule has 1 aliphatic rings. The molecule has 0 radical (unpaired) electrons. The quantitative estimate of drug-likeness (QED) is 0.879. The third-order valence-electron chi connectivity index (χ3n) is 3.20. The third-order valence-corrected chi connectivity index (χ3v) is 3.40. The fraction of sp³-hybridized carbons (Fsp3) is 0.667. The van der Waals surface area contributed by atoms with Crippen LogP contribution in [0.4, 0.5) is 0 Å². The van der Waals surface area contributed by atoms with Gasteiger partial charge >= 0.3 is 0 Å². The van der Waals surface area contributed by atoms with Crippen molar-refractivity contribution in [3.8, 4) is 0 Å². The second-order valence-corrected chi connectivity index (χ2v) is 4.96. The number of nitrogens with zero attached hydrogens (tertiary/aromatic N) is 1. The highest BCUT2D eigenvalue weighted by molar-refractivity contribution is 6.28. The van der Waals surface area contributed by atoms with Crippen LogP contribution in [0.25, 0.3) is 0 Å². The first-order valence-corrected chi connectivity index (χ1v) is 6.25. The van der Waals surface area contributed by atoms with Crippen molar-refractivity contribution in [1.29, 1.82) is 0 Å². The summed E-state index contributed by atoms with van der Waals surface area (Å²) in [6.45, 7) is 4.29. The van der Waals surface area contributed by atoms with Gasteiger partial charge in [-0.2, -0.15) is 0 Å². The lowest BCUT2D eigenvalue weighted by Crippen LogP contribution is -2.34. The predicted molar refractivity (Wildman–Crippen MR) is 65.6 cm³/mol. The molecular weight excluding hydrogens is 224 g/mol. The van der Waals surface area contributed by atoms with Crippen molar-refractivity contribution >= 4 is 11.6 Å². The molecule has 2 rings (SSSR count). The topological polar surface area (TPSA) is 28.4 Å².